The van der Waals surface area contributed by atoms with E-state index < -0.39 is 11.7 Å². The van der Waals surface area contributed by atoms with E-state index in [1.54, 1.807) is 39.0 Å². The molecule has 98 valence electrons. The van der Waals surface area contributed by atoms with Crippen LogP contribution >= 0.6 is 0 Å². The third-order valence-electron chi connectivity index (χ3n) is 2.27. The number of ether oxygens (including phenoxy) is 1. The minimum absolute atomic E-state index is 0.00178. The molecule has 0 radical (unpaired) electrons. The number of amides is 1. The molecule has 0 saturated heterocycles. The lowest BCUT2D eigenvalue weighted by Gasteiger charge is -2.20. The molecule has 0 aliphatic carbocycles. The van der Waals surface area contributed by atoms with Gasteiger partial charge in [-0.25, -0.2) is 4.79 Å². The standard InChI is InChI=1S/C14H19NO3/c1-9-8-11(10(2)16)6-7-12(9)15-13(17)18-14(3,4)5/h6-8H,1-5H3,(H,15,17). The van der Waals surface area contributed by atoms with Crippen molar-refractivity contribution in [2.75, 3.05) is 5.32 Å². The van der Waals surface area contributed by atoms with Crippen molar-refractivity contribution in [1.29, 1.82) is 0 Å². The van der Waals surface area contributed by atoms with Crippen molar-refractivity contribution in [2.24, 2.45) is 0 Å². The molecule has 0 aliphatic rings. The Morgan fingerprint density at radius 3 is 2.28 bits per heavy atom. The van der Waals surface area contributed by atoms with E-state index in [9.17, 15) is 9.59 Å². The Kier molecular flexibility index (Phi) is 4.11. The number of hydrogen-bond acceptors (Lipinski definition) is 3. The van der Waals surface area contributed by atoms with Crippen LogP contribution in [0.25, 0.3) is 0 Å². The van der Waals surface area contributed by atoms with E-state index in [2.05, 4.69) is 5.32 Å². The summed E-state index contributed by atoms with van der Waals surface area (Å²) < 4.78 is 5.16. The predicted octanol–water partition coefficient (Wildman–Crippen LogP) is 3.54. The normalized spacial score (nSPS) is 10.9. The van der Waals surface area contributed by atoms with Crippen LogP contribution in [0.1, 0.15) is 43.6 Å². The molecule has 0 aromatic heterocycles. The maximum absolute atomic E-state index is 11.6. The number of aryl methyl sites for hydroxylation is 1. The van der Waals surface area contributed by atoms with Crippen molar-refractivity contribution in [3.8, 4) is 0 Å². The Morgan fingerprint density at radius 1 is 1.22 bits per heavy atom. The van der Waals surface area contributed by atoms with Crippen LogP contribution in [0.3, 0.4) is 0 Å². The topological polar surface area (TPSA) is 55.4 Å². The number of carbonyl (C=O) groups is 2. The molecule has 0 atom stereocenters. The van der Waals surface area contributed by atoms with Crippen molar-refractivity contribution in [2.45, 2.75) is 40.2 Å². The summed E-state index contributed by atoms with van der Waals surface area (Å²) in [5.41, 5.74) is 1.57. The molecule has 1 aromatic rings. The average Bonchev–Trinajstić information content (AvgIpc) is 2.17. The molecule has 0 unspecified atom stereocenters. The van der Waals surface area contributed by atoms with Crippen molar-refractivity contribution < 1.29 is 14.3 Å². The second kappa shape index (κ2) is 5.21. The fourth-order valence-corrected chi connectivity index (χ4v) is 1.44. The zero-order chi connectivity index (χ0) is 13.9. The third-order valence-corrected chi connectivity index (χ3v) is 2.27. The molecule has 1 aromatic carbocycles. The second-order valence-electron chi connectivity index (χ2n) is 5.21. The van der Waals surface area contributed by atoms with E-state index in [4.69, 9.17) is 4.74 Å². The molecule has 1 amide bonds. The van der Waals surface area contributed by atoms with E-state index in [0.29, 0.717) is 11.3 Å². The van der Waals surface area contributed by atoms with Crippen molar-refractivity contribution in [1.82, 2.24) is 0 Å². The molecule has 0 spiro atoms. The summed E-state index contributed by atoms with van der Waals surface area (Å²) in [5, 5.41) is 2.66. The monoisotopic (exact) mass is 249 g/mol. The number of ketones is 1. The Hall–Kier alpha value is -1.84. The van der Waals surface area contributed by atoms with Gasteiger partial charge in [-0.3, -0.25) is 10.1 Å². The first-order valence-corrected chi connectivity index (χ1v) is 5.80. The highest BCUT2D eigenvalue weighted by Gasteiger charge is 2.16. The molecule has 1 rings (SSSR count). The van der Waals surface area contributed by atoms with Gasteiger partial charge in [-0.05, 0) is 58.4 Å². The molecule has 0 heterocycles. The van der Waals surface area contributed by atoms with Crippen LogP contribution in [0.4, 0.5) is 10.5 Å². The Morgan fingerprint density at radius 2 is 1.83 bits per heavy atom. The number of rotatable bonds is 2. The summed E-state index contributed by atoms with van der Waals surface area (Å²) in [4.78, 5) is 22.8. The van der Waals surface area contributed by atoms with Crippen LogP contribution in [-0.2, 0) is 4.74 Å². The smallest absolute Gasteiger partial charge is 0.412 e. The Bertz CT molecular complexity index is 472. The number of nitrogens with one attached hydrogen (secondary N) is 1. The van der Waals surface area contributed by atoms with Gasteiger partial charge in [0.2, 0.25) is 0 Å². The van der Waals surface area contributed by atoms with Crippen LogP contribution in [-0.4, -0.2) is 17.5 Å². The lowest BCUT2D eigenvalue weighted by molar-refractivity contribution is 0.0635. The minimum Gasteiger partial charge on any atom is -0.444 e. The average molecular weight is 249 g/mol. The molecular formula is C14H19NO3. The highest BCUT2D eigenvalue weighted by atomic mass is 16.6. The summed E-state index contributed by atoms with van der Waals surface area (Å²) in [6, 6.07) is 5.13. The maximum atomic E-state index is 11.6. The Balaban J connectivity index is 2.80. The summed E-state index contributed by atoms with van der Waals surface area (Å²) >= 11 is 0. The van der Waals surface area contributed by atoms with Crippen LogP contribution in [0, 0.1) is 6.92 Å². The molecule has 0 saturated carbocycles. The minimum atomic E-state index is -0.530. The number of Topliss-reactive ketones (excluding diaryl/α,β-unsaturated/α-hetero) is 1. The predicted molar refractivity (Wildman–Crippen MR) is 71.0 cm³/mol. The molecule has 4 nitrogen and oxygen atoms in total. The van der Waals surface area contributed by atoms with Crippen molar-refractivity contribution >= 4 is 17.6 Å². The van der Waals surface area contributed by atoms with Gasteiger partial charge >= 0.3 is 6.09 Å². The first-order valence-electron chi connectivity index (χ1n) is 5.80. The first-order chi connectivity index (χ1) is 8.19. The largest absolute Gasteiger partial charge is 0.444 e. The summed E-state index contributed by atoms with van der Waals surface area (Å²) in [6.07, 6.45) is -0.499. The van der Waals surface area contributed by atoms with Gasteiger partial charge in [0.25, 0.3) is 0 Å². The third kappa shape index (κ3) is 4.20. The van der Waals surface area contributed by atoms with E-state index in [1.807, 2.05) is 6.92 Å². The lowest BCUT2D eigenvalue weighted by Crippen LogP contribution is -2.27. The first kappa shape index (κ1) is 14.2. The summed E-state index contributed by atoms with van der Waals surface area (Å²) in [5.74, 6) is 0.00178. The number of hydrogen-bond donors (Lipinski definition) is 1. The van der Waals surface area contributed by atoms with Gasteiger partial charge in [0, 0.05) is 11.3 Å². The van der Waals surface area contributed by atoms with E-state index in [1.165, 1.54) is 6.92 Å². The van der Waals surface area contributed by atoms with E-state index in [0.717, 1.165) is 5.56 Å². The highest BCUT2D eigenvalue weighted by Crippen LogP contribution is 2.18. The molecule has 1 N–H and O–H groups in total. The van der Waals surface area contributed by atoms with Crippen LogP contribution in [0.5, 0.6) is 0 Å². The van der Waals surface area contributed by atoms with Gasteiger partial charge in [-0.2, -0.15) is 0 Å². The number of benzene rings is 1. The molecule has 0 fully saturated rings. The maximum Gasteiger partial charge on any atom is 0.412 e. The lowest BCUT2D eigenvalue weighted by atomic mass is 10.1. The zero-order valence-corrected chi connectivity index (χ0v) is 11.5. The van der Waals surface area contributed by atoms with E-state index in [-0.39, 0.29) is 5.78 Å². The SMILES string of the molecule is CC(=O)c1ccc(NC(=O)OC(C)(C)C)c(C)c1. The molecule has 0 aliphatic heterocycles. The summed E-state index contributed by atoms with van der Waals surface area (Å²) in [7, 11) is 0. The zero-order valence-electron chi connectivity index (χ0n) is 11.5. The van der Waals surface area contributed by atoms with Gasteiger partial charge in [0.05, 0.1) is 0 Å². The van der Waals surface area contributed by atoms with Gasteiger partial charge in [0.15, 0.2) is 5.78 Å². The fourth-order valence-electron chi connectivity index (χ4n) is 1.44. The fraction of sp³-hybridized carbons (Fsp3) is 0.429. The number of anilines is 1. The summed E-state index contributed by atoms with van der Waals surface area (Å²) in [6.45, 7) is 8.75. The van der Waals surface area contributed by atoms with Gasteiger partial charge < -0.3 is 4.74 Å². The Labute approximate surface area is 107 Å². The van der Waals surface area contributed by atoms with Crippen LogP contribution < -0.4 is 5.32 Å². The second-order valence-corrected chi connectivity index (χ2v) is 5.21. The molecule has 4 heteroatoms. The van der Waals surface area contributed by atoms with Gasteiger partial charge in [0.1, 0.15) is 5.60 Å². The van der Waals surface area contributed by atoms with Gasteiger partial charge in [-0.15, -0.1) is 0 Å². The molecule has 0 bridgehead atoms. The number of carbonyl (C=O) groups excluding carboxylic acids is 2. The molecule has 18 heavy (non-hydrogen) atoms. The molecular weight excluding hydrogens is 230 g/mol. The van der Waals surface area contributed by atoms with Crippen molar-refractivity contribution in [3.05, 3.63) is 29.3 Å². The van der Waals surface area contributed by atoms with E-state index >= 15 is 0 Å². The van der Waals surface area contributed by atoms with Crippen LogP contribution in [0.2, 0.25) is 0 Å². The van der Waals surface area contributed by atoms with Crippen molar-refractivity contribution in [3.63, 3.8) is 0 Å². The quantitative estimate of drug-likeness (QED) is 0.815. The highest BCUT2D eigenvalue weighted by molar-refractivity contribution is 5.95. The van der Waals surface area contributed by atoms with Crippen LogP contribution in [0.15, 0.2) is 18.2 Å². The van der Waals surface area contributed by atoms with Gasteiger partial charge in [-0.1, -0.05) is 0 Å².